The standard InChI is InChI=1S/C20H24F3N3O2S/c1-25(18(27)14-7-10-28-12-14)11-13-5-8-26(9-6-13)19-24-17-15(20(21,22)23)3-2-4-16(17)29-19/h2-4,13-14H,5-12H2,1H3. The number of nitrogens with zero attached hydrogens (tertiary/aromatic N) is 3. The number of thiazole rings is 1. The van der Waals surface area contributed by atoms with Crippen LogP contribution >= 0.6 is 11.3 Å². The minimum absolute atomic E-state index is 0.0225. The van der Waals surface area contributed by atoms with Crippen LogP contribution < -0.4 is 4.90 Å². The van der Waals surface area contributed by atoms with Gasteiger partial charge in [0.25, 0.3) is 0 Å². The van der Waals surface area contributed by atoms with E-state index >= 15 is 0 Å². The van der Waals surface area contributed by atoms with Crippen LogP contribution in [0.15, 0.2) is 18.2 Å². The second-order valence-electron chi connectivity index (χ2n) is 7.86. The second kappa shape index (κ2) is 8.10. The van der Waals surface area contributed by atoms with E-state index in [9.17, 15) is 18.0 Å². The summed E-state index contributed by atoms with van der Waals surface area (Å²) in [5, 5.41) is 0.641. The normalized spacial score (nSPS) is 21.1. The van der Waals surface area contributed by atoms with Crippen LogP contribution in [0.3, 0.4) is 0 Å². The summed E-state index contributed by atoms with van der Waals surface area (Å²) in [6, 6.07) is 4.20. The molecular formula is C20H24F3N3O2S. The Labute approximate surface area is 171 Å². The molecule has 2 aliphatic rings. The highest BCUT2D eigenvalue weighted by molar-refractivity contribution is 7.22. The van der Waals surface area contributed by atoms with E-state index in [4.69, 9.17) is 4.74 Å². The van der Waals surface area contributed by atoms with E-state index < -0.39 is 11.7 Å². The number of amides is 1. The first-order valence-corrected chi connectivity index (χ1v) is 10.7. The highest BCUT2D eigenvalue weighted by Gasteiger charge is 2.34. The average Bonchev–Trinajstić information content (AvgIpc) is 3.36. The number of alkyl halides is 3. The number of carbonyl (C=O) groups is 1. The van der Waals surface area contributed by atoms with Gasteiger partial charge in [-0.1, -0.05) is 17.4 Å². The van der Waals surface area contributed by atoms with Crippen LogP contribution in [0.25, 0.3) is 10.2 Å². The van der Waals surface area contributed by atoms with Crippen molar-refractivity contribution in [2.24, 2.45) is 11.8 Å². The van der Waals surface area contributed by atoms with E-state index in [1.165, 1.54) is 17.4 Å². The van der Waals surface area contributed by atoms with E-state index in [2.05, 4.69) is 9.88 Å². The topological polar surface area (TPSA) is 45.7 Å². The maximum atomic E-state index is 13.2. The molecule has 2 aliphatic heterocycles. The van der Waals surface area contributed by atoms with Gasteiger partial charge >= 0.3 is 6.18 Å². The Morgan fingerprint density at radius 2 is 2.07 bits per heavy atom. The van der Waals surface area contributed by atoms with Gasteiger partial charge in [-0.25, -0.2) is 4.98 Å². The van der Waals surface area contributed by atoms with Crippen LogP contribution in [0, 0.1) is 11.8 Å². The monoisotopic (exact) mass is 427 g/mol. The van der Waals surface area contributed by atoms with Gasteiger partial charge < -0.3 is 14.5 Å². The minimum Gasteiger partial charge on any atom is -0.381 e. The predicted molar refractivity (Wildman–Crippen MR) is 106 cm³/mol. The Morgan fingerprint density at radius 3 is 2.72 bits per heavy atom. The van der Waals surface area contributed by atoms with Gasteiger partial charge in [0.15, 0.2) is 5.13 Å². The first-order chi connectivity index (χ1) is 13.8. The molecule has 4 rings (SSSR count). The summed E-state index contributed by atoms with van der Waals surface area (Å²) < 4.78 is 45.6. The quantitative estimate of drug-likeness (QED) is 0.739. The van der Waals surface area contributed by atoms with Gasteiger partial charge in [0.2, 0.25) is 5.91 Å². The molecule has 0 radical (unpaired) electrons. The van der Waals surface area contributed by atoms with Crippen molar-refractivity contribution < 1.29 is 22.7 Å². The Morgan fingerprint density at radius 1 is 1.31 bits per heavy atom. The average molecular weight is 427 g/mol. The van der Waals surface area contributed by atoms with Crippen molar-refractivity contribution in [2.45, 2.75) is 25.4 Å². The van der Waals surface area contributed by atoms with Crippen molar-refractivity contribution in [3.05, 3.63) is 23.8 Å². The number of ether oxygens (including phenoxy) is 1. The number of hydrogen-bond donors (Lipinski definition) is 0. The molecule has 0 saturated carbocycles. The molecule has 1 aromatic carbocycles. The third-order valence-electron chi connectivity index (χ3n) is 5.79. The van der Waals surface area contributed by atoms with Crippen molar-refractivity contribution in [2.75, 3.05) is 44.8 Å². The lowest BCUT2D eigenvalue weighted by molar-refractivity contribution is -0.136. The van der Waals surface area contributed by atoms with Gasteiger partial charge in [0.1, 0.15) is 0 Å². The number of piperidine rings is 1. The molecule has 2 saturated heterocycles. The van der Waals surface area contributed by atoms with Gasteiger partial charge in [-0.05, 0) is 37.3 Å². The highest BCUT2D eigenvalue weighted by Crippen LogP contribution is 2.39. The van der Waals surface area contributed by atoms with Crippen LogP contribution in [0.4, 0.5) is 18.3 Å². The fourth-order valence-corrected chi connectivity index (χ4v) is 5.17. The zero-order valence-electron chi connectivity index (χ0n) is 16.2. The third-order valence-corrected chi connectivity index (χ3v) is 6.87. The van der Waals surface area contributed by atoms with Crippen LogP contribution in [-0.2, 0) is 15.7 Å². The molecule has 158 valence electrons. The number of anilines is 1. The van der Waals surface area contributed by atoms with E-state index in [1.54, 1.807) is 6.07 Å². The number of carbonyl (C=O) groups excluding carboxylic acids is 1. The van der Waals surface area contributed by atoms with Crippen molar-refractivity contribution in [3.63, 3.8) is 0 Å². The SMILES string of the molecule is CN(CC1CCN(c2nc3c(C(F)(F)F)cccc3s2)CC1)C(=O)C1CCOC1. The lowest BCUT2D eigenvalue weighted by Gasteiger charge is -2.34. The number of halogens is 3. The molecule has 5 nitrogen and oxygen atoms in total. The Kier molecular flexibility index (Phi) is 5.70. The summed E-state index contributed by atoms with van der Waals surface area (Å²) in [6.45, 7) is 3.35. The van der Waals surface area contributed by atoms with E-state index in [-0.39, 0.29) is 17.3 Å². The fraction of sp³-hybridized carbons (Fsp3) is 0.600. The number of rotatable bonds is 4. The molecule has 1 atom stereocenters. The number of hydrogen-bond acceptors (Lipinski definition) is 5. The summed E-state index contributed by atoms with van der Waals surface area (Å²) in [6.07, 6.45) is -1.83. The van der Waals surface area contributed by atoms with E-state index in [0.29, 0.717) is 35.5 Å². The minimum atomic E-state index is -4.40. The molecular weight excluding hydrogens is 403 g/mol. The molecule has 2 aromatic rings. The Balaban J connectivity index is 1.38. The molecule has 1 aromatic heterocycles. The van der Waals surface area contributed by atoms with Gasteiger partial charge in [-0.3, -0.25) is 4.79 Å². The summed E-state index contributed by atoms with van der Waals surface area (Å²) in [5.74, 6) is 0.518. The molecule has 0 N–H and O–H groups in total. The lowest BCUT2D eigenvalue weighted by Crippen LogP contribution is -2.41. The zero-order chi connectivity index (χ0) is 20.6. The number of fused-ring (bicyclic) bond motifs is 1. The van der Waals surface area contributed by atoms with Crippen molar-refractivity contribution in [3.8, 4) is 0 Å². The van der Waals surface area contributed by atoms with Gasteiger partial charge in [0.05, 0.1) is 28.3 Å². The third kappa shape index (κ3) is 4.35. The number of aromatic nitrogens is 1. The summed E-state index contributed by atoms with van der Waals surface area (Å²) in [7, 11) is 1.85. The van der Waals surface area contributed by atoms with Gasteiger partial charge in [-0.2, -0.15) is 13.2 Å². The van der Waals surface area contributed by atoms with Crippen LogP contribution in [-0.4, -0.2) is 55.7 Å². The predicted octanol–water partition coefficient (Wildman–Crippen LogP) is 4.03. The molecule has 9 heteroatoms. The molecule has 29 heavy (non-hydrogen) atoms. The van der Waals surface area contributed by atoms with Crippen LogP contribution in [0.5, 0.6) is 0 Å². The van der Waals surface area contributed by atoms with Crippen molar-refractivity contribution in [1.29, 1.82) is 0 Å². The second-order valence-corrected chi connectivity index (χ2v) is 8.87. The summed E-state index contributed by atoms with van der Waals surface area (Å²) >= 11 is 1.31. The zero-order valence-corrected chi connectivity index (χ0v) is 17.1. The first kappa shape index (κ1) is 20.4. The molecule has 3 heterocycles. The largest absolute Gasteiger partial charge is 0.418 e. The molecule has 1 unspecified atom stereocenters. The van der Waals surface area contributed by atoms with Crippen molar-refractivity contribution >= 4 is 32.6 Å². The number of benzene rings is 1. The van der Waals surface area contributed by atoms with E-state index in [0.717, 1.165) is 38.4 Å². The smallest absolute Gasteiger partial charge is 0.381 e. The molecule has 2 fully saturated rings. The highest BCUT2D eigenvalue weighted by atomic mass is 32.1. The Bertz CT molecular complexity index is 871. The van der Waals surface area contributed by atoms with E-state index in [1.807, 2.05) is 11.9 Å². The molecule has 1 amide bonds. The summed E-state index contributed by atoms with van der Waals surface area (Å²) in [4.78, 5) is 20.6. The summed E-state index contributed by atoms with van der Waals surface area (Å²) in [5.41, 5.74) is -0.644. The van der Waals surface area contributed by atoms with Gasteiger partial charge in [-0.15, -0.1) is 0 Å². The number of para-hydroxylation sites is 1. The molecule has 0 aliphatic carbocycles. The lowest BCUT2D eigenvalue weighted by atomic mass is 9.96. The van der Waals surface area contributed by atoms with Crippen LogP contribution in [0.1, 0.15) is 24.8 Å². The maximum absolute atomic E-state index is 13.2. The first-order valence-electron chi connectivity index (χ1n) is 9.87. The van der Waals surface area contributed by atoms with Crippen molar-refractivity contribution in [1.82, 2.24) is 9.88 Å². The van der Waals surface area contributed by atoms with Gasteiger partial charge in [0, 0.05) is 33.3 Å². The molecule has 0 spiro atoms. The molecule has 0 bridgehead atoms. The maximum Gasteiger partial charge on any atom is 0.418 e. The van der Waals surface area contributed by atoms with Crippen LogP contribution in [0.2, 0.25) is 0 Å². The Hall–Kier alpha value is -1.87. The fourth-order valence-electron chi connectivity index (χ4n) is 4.13.